The Hall–Kier alpha value is -1.69. The standard InChI is InChI=1S/C18H22N2O2S/c1-14-7-12-23-17(14)18(22)20-10-8-19(9-11-20)13-16(21)15-5-3-2-4-6-15/h2-7,12,16,21H,8-11,13H2,1H3/t16-/m0/s1. The highest BCUT2D eigenvalue weighted by Crippen LogP contribution is 2.20. The zero-order chi connectivity index (χ0) is 16.2. The smallest absolute Gasteiger partial charge is 0.264 e. The van der Waals surface area contributed by atoms with Gasteiger partial charge in [-0.1, -0.05) is 30.3 Å². The molecule has 1 aliphatic heterocycles. The number of carbonyl (C=O) groups is 1. The number of aliphatic hydroxyl groups is 1. The van der Waals surface area contributed by atoms with E-state index in [1.165, 1.54) is 11.3 Å². The van der Waals surface area contributed by atoms with E-state index in [2.05, 4.69) is 4.90 Å². The van der Waals surface area contributed by atoms with Gasteiger partial charge in [-0.15, -0.1) is 11.3 Å². The number of aliphatic hydroxyl groups excluding tert-OH is 1. The second-order valence-corrected chi connectivity index (χ2v) is 6.87. The van der Waals surface area contributed by atoms with Crippen LogP contribution in [0, 0.1) is 6.92 Å². The van der Waals surface area contributed by atoms with Crippen molar-refractivity contribution in [2.24, 2.45) is 0 Å². The van der Waals surface area contributed by atoms with Crippen molar-refractivity contribution in [2.45, 2.75) is 13.0 Å². The molecule has 23 heavy (non-hydrogen) atoms. The monoisotopic (exact) mass is 330 g/mol. The van der Waals surface area contributed by atoms with Gasteiger partial charge in [0.25, 0.3) is 5.91 Å². The van der Waals surface area contributed by atoms with Crippen LogP contribution in [0.4, 0.5) is 0 Å². The van der Waals surface area contributed by atoms with Crippen molar-refractivity contribution in [1.82, 2.24) is 9.80 Å². The van der Waals surface area contributed by atoms with Crippen LogP contribution >= 0.6 is 11.3 Å². The van der Waals surface area contributed by atoms with Crippen molar-refractivity contribution < 1.29 is 9.90 Å². The van der Waals surface area contributed by atoms with E-state index in [0.29, 0.717) is 6.54 Å². The van der Waals surface area contributed by atoms with Gasteiger partial charge in [0.2, 0.25) is 0 Å². The molecular formula is C18H22N2O2S. The predicted molar refractivity (Wildman–Crippen MR) is 92.8 cm³/mol. The van der Waals surface area contributed by atoms with Crippen LogP contribution in [0.2, 0.25) is 0 Å². The Labute approximate surface area is 141 Å². The molecule has 1 aromatic heterocycles. The fraction of sp³-hybridized carbons (Fsp3) is 0.389. The molecule has 2 aromatic rings. The number of rotatable bonds is 4. The third-order valence-electron chi connectivity index (χ3n) is 4.33. The maximum Gasteiger partial charge on any atom is 0.264 e. The number of aryl methyl sites for hydroxylation is 1. The van der Waals surface area contributed by atoms with Crippen LogP contribution in [0.25, 0.3) is 0 Å². The van der Waals surface area contributed by atoms with E-state index in [4.69, 9.17) is 0 Å². The summed E-state index contributed by atoms with van der Waals surface area (Å²) in [7, 11) is 0. The summed E-state index contributed by atoms with van der Waals surface area (Å²) in [6.45, 7) is 5.65. The van der Waals surface area contributed by atoms with Crippen LogP contribution in [-0.2, 0) is 0 Å². The van der Waals surface area contributed by atoms with Gasteiger partial charge in [0.1, 0.15) is 0 Å². The zero-order valence-electron chi connectivity index (χ0n) is 13.3. The van der Waals surface area contributed by atoms with Gasteiger partial charge < -0.3 is 10.0 Å². The van der Waals surface area contributed by atoms with E-state index in [9.17, 15) is 9.90 Å². The average Bonchev–Trinajstić information content (AvgIpc) is 3.02. The van der Waals surface area contributed by atoms with Gasteiger partial charge >= 0.3 is 0 Å². The van der Waals surface area contributed by atoms with Crippen molar-refractivity contribution in [3.05, 3.63) is 57.8 Å². The highest BCUT2D eigenvalue weighted by molar-refractivity contribution is 7.12. The zero-order valence-corrected chi connectivity index (χ0v) is 14.1. The SMILES string of the molecule is Cc1ccsc1C(=O)N1CCN(C[C@H](O)c2ccccc2)CC1. The fourth-order valence-electron chi connectivity index (χ4n) is 2.89. The Kier molecular flexibility index (Phi) is 5.10. The van der Waals surface area contributed by atoms with Gasteiger partial charge in [0.05, 0.1) is 11.0 Å². The predicted octanol–water partition coefficient (Wildman–Crippen LogP) is 2.55. The number of piperazine rings is 1. The molecule has 0 saturated carbocycles. The molecule has 0 bridgehead atoms. The van der Waals surface area contributed by atoms with Gasteiger partial charge in [0, 0.05) is 32.7 Å². The molecule has 1 aliphatic rings. The van der Waals surface area contributed by atoms with Crippen LogP contribution in [0.5, 0.6) is 0 Å². The highest BCUT2D eigenvalue weighted by atomic mass is 32.1. The lowest BCUT2D eigenvalue weighted by atomic mass is 10.1. The van der Waals surface area contributed by atoms with Crippen molar-refractivity contribution in [1.29, 1.82) is 0 Å². The summed E-state index contributed by atoms with van der Waals surface area (Å²) in [4.78, 5) is 17.5. The first kappa shape index (κ1) is 16.2. The number of hydrogen-bond acceptors (Lipinski definition) is 4. The molecule has 122 valence electrons. The van der Waals surface area contributed by atoms with Gasteiger partial charge in [-0.3, -0.25) is 9.69 Å². The summed E-state index contributed by atoms with van der Waals surface area (Å²) in [5.74, 6) is 0.140. The quantitative estimate of drug-likeness (QED) is 0.937. The van der Waals surface area contributed by atoms with Crippen LogP contribution in [0.15, 0.2) is 41.8 Å². The topological polar surface area (TPSA) is 43.8 Å². The minimum absolute atomic E-state index is 0.140. The van der Waals surface area contributed by atoms with E-state index in [-0.39, 0.29) is 5.91 Å². The van der Waals surface area contributed by atoms with Gasteiger partial charge in [-0.25, -0.2) is 0 Å². The lowest BCUT2D eigenvalue weighted by Gasteiger charge is -2.35. The molecule has 2 heterocycles. The summed E-state index contributed by atoms with van der Waals surface area (Å²) in [6, 6.07) is 11.7. The van der Waals surface area contributed by atoms with Crippen LogP contribution in [0.1, 0.15) is 26.9 Å². The van der Waals surface area contributed by atoms with Crippen molar-refractivity contribution in [3.8, 4) is 0 Å². The first-order chi connectivity index (χ1) is 11.1. The Morgan fingerprint density at radius 2 is 1.87 bits per heavy atom. The highest BCUT2D eigenvalue weighted by Gasteiger charge is 2.25. The minimum Gasteiger partial charge on any atom is -0.387 e. The number of thiophene rings is 1. The maximum absolute atomic E-state index is 12.5. The van der Waals surface area contributed by atoms with E-state index in [1.807, 2.05) is 53.6 Å². The largest absolute Gasteiger partial charge is 0.387 e. The number of amides is 1. The number of nitrogens with zero attached hydrogens (tertiary/aromatic N) is 2. The number of benzene rings is 1. The Morgan fingerprint density at radius 1 is 1.17 bits per heavy atom. The molecule has 1 aromatic carbocycles. The van der Waals surface area contributed by atoms with Gasteiger partial charge in [0.15, 0.2) is 0 Å². The van der Waals surface area contributed by atoms with E-state index in [0.717, 1.165) is 42.2 Å². The normalized spacial score (nSPS) is 17.2. The summed E-state index contributed by atoms with van der Waals surface area (Å²) >= 11 is 1.52. The van der Waals surface area contributed by atoms with Crippen LogP contribution in [-0.4, -0.2) is 53.5 Å². The van der Waals surface area contributed by atoms with E-state index < -0.39 is 6.10 Å². The first-order valence-corrected chi connectivity index (χ1v) is 8.82. The summed E-state index contributed by atoms with van der Waals surface area (Å²) in [5.41, 5.74) is 2.00. The molecule has 1 fully saturated rings. The second-order valence-electron chi connectivity index (χ2n) is 5.95. The first-order valence-electron chi connectivity index (χ1n) is 7.94. The van der Waals surface area contributed by atoms with Gasteiger partial charge in [-0.2, -0.15) is 0 Å². The van der Waals surface area contributed by atoms with Crippen molar-refractivity contribution in [2.75, 3.05) is 32.7 Å². The molecular weight excluding hydrogens is 308 g/mol. The molecule has 0 radical (unpaired) electrons. The number of carbonyl (C=O) groups excluding carboxylic acids is 1. The Bertz CT molecular complexity index is 648. The molecule has 1 atom stereocenters. The third kappa shape index (κ3) is 3.80. The lowest BCUT2D eigenvalue weighted by Crippen LogP contribution is -2.49. The number of β-amino-alcohol motifs (C(OH)–C–C–N with tert-alkyl or cyclic N) is 1. The molecule has 0 spiro atoms. The maximum atomic E-state index is 12.5. The second kappa shape index (κ2) is 7.25. The van der Waals surface area contributed by atoms with E-state index >= 15 is 0 Å². The Morgan fingerprint density at radius 3 is 2.48 bits per heavy atom. The molecule has 4 nitrogen and oxygen atoms in total. The summed E-state index contributed by atoms with van der Waals surface area (Å²) in [5, 5.41) is 12.3. The van der Waals surface area contributed by atoms with E-state index in [1.54, 1.807) is 0 Å². The van der Waals surface area contributed by atoms with Crippen LogP contribution < -0.4 is 0 Å². The molecule has 1 amide bonds. The number of hydrogen-bond donors (Lipinski definition) is 1. The molecule has 5 heteroatoms. The molecule has 1 saturated heterocycles. The molecule has 1 N–H and O–H groups in total. The van der Waals surface area contributed by atoms with Crippen molar-refractivity contribution in [3.63, 3.8) is 0 Å². The Balaban J connectivity index is 1.53. The van der Waals surface area contributed by atoms with Gasteiger partial charge in [-0.05, 0) is 29.5 Å². The molecule has 0 aliphatic carbocycles. The average molecular weight is 330 g/mol. The van der Waals surface area contributed by atoms with Crippen molar-refractivity contribution >= 4 is 17.2 Å². The summed E-state index contributed by atoms with van der Waals surface area (Å²) < 4.78 is 0. The fourth-order valence-corrected chi connectivity index (χ4v) is 3.79. The molecule has 3 rings (SSSR count). The summed E-state index contributed by atoms with van der Waals surface area (Å²) in [6.07, 6.45) is -0.474. The lowest BCUT2D eigenvalue weighted by molar-refractivity contribution is 0.0531. The van der Waals surface area contributed by atoms with Crippen LogP contribution in [0.3, 0.4) is 0 Å². The third-order valence-corrected chi connectivity index (χ3v) is 5.34. The minimum atomic E-state index is -0.474. The molecule has 0 unspecified atom stereocenters.